The molecule has 2 aromatic rings. The Morgan fingerprint density at radius 2 is 1.64 bits per heavy atom. The van der Waals surface area contributed by atoms with Gasteiger partial charge in [-0.1, -0.05) is 18.2 Å². The number of nitrogens with zero attached hydrogens (tertiary/aromatic N) is 2. The lowest BCUT2D eigenvalue weighted by Gasteiger charge is -2.37. The lowest BCUT2D eigenvalue weighted by atomic mass is 10.2. The second-order valence-corrected chi connectivity index (χ2v) is 7.50. The number of methoxy groups -OCH3 is 1. The summed E-state index contributed by atoms with van der Waals surface area (Å²) in [7, 11) is 1.66. The number of rotatable bonds is 5. The largest absolute Gasteiger partial charge is 0.497 e. The number of carbonyl (C=O) groups excluding carboxylic acids is 1. The molecule has 1 amide bonds. The third-order valence-corrected chi connectivity index (χ3v) is 5.53. The Labute approximate surface area is 153 Å². The molecule has 132 valence electrons. The molecule has 0 bridgehead atoms. The van der Waals surface area contributed by atoms with E-state index in [9.17, 15) is 4.79 Å². The number of anilines is 1. The summed E-state index contributed by atoms with van der Waals surface area (Å²) in [6.07, 6.45) is 0. The van der Waals surface area contributed by atoms with Gasteiger partial charge in [0.2, 0.25) is 5.91 Å². The molecule has 0 saturated carbocycles. The van der Waals surface area contributed by atoms with E-state index in [2.05, 4.69) is 29.2 Å². The van der Waals surface area contributed by atoms with Gasteiger partial charge in [0.25, 0.3) is 0 Å². The third-order valence-electron chi connectivity index (χ3n) is 4.43. The summed E-state index contributed by atoms with van der Waals surface area (Å²) in [6, 6.07) is 18.2. The van der Waals surface area contributed by atoms with E-state index in [1.165, 1.54) is 5.69 Å². The van der Waals surface area contributed by atoms with Gasteiger partial charge >= 0.3 is 0 Å². The monoisotopic (exact) mass is 356 g/mol. The van der Waals surface area contributed by atoms with Crippen LogP contribution >= 0.6 is 11.8 Å². The molecule has 1 fully saturated rings. The van der Waals surface area contributed by atoms with Crippen molar-refractivity contribution in [2.45, 2.75) is 17.1 Å². The summed E-state index contributed by atoms with van der Waals surface area (Å²) in [5.74, 6) is 1.05. The molecule has 0 unspecified atom stereocenters. The van der Waals surface area contributed by atoms with Crippen molar-refractivity contribution in [3.63, 3.8) is 0 Å². The average molecular weight is 356 g/mol. The van der Waals surface area contributed by atoms with Crippen molar-refractivity contribution < 1.29 is 9.53 Å². The average Bonchev–Trinajstić information content (AvgIpc) is 2.69. The normalized spacial score (nSPS) is 15.8. The first kappa shape index (κ1) is 17.7. The van der Waals surface area contributed by atoms with Crippen molar-refractivity contribution in [1.82, 2.24) is 4.90 Å². The van der Waals surface area contributed by atoms with E-state index in [1.54, 1.807) is 18.9 Å². The number of piperazine rings is 1. The Bertz CT molecular complexity index is 683. The minimum absolute atomic E-state index is 0.0864. The van der Waals surface area contributed by atoms with Crippen LogP contribution in [0.2, 0.25) is 0 Å². The van der Waals surface area contributed by atoms with Gasteiger partial charge in [0.1, 0.15) is 5.75 Å². The van der Waals surface area contributed by atoms with Gasteiger partial charge in [-0.3, -0.25) is 4.79 Å². The first-order chi connectivity index (χ1) is 12.2. The molecule has 25 heavy (non-hydrogen) atoms. The minimum atomic E-state index is -0.0864. The smallest absolute Gasteiger partial charge is 0.235 e. The molecule has 1 aliphatic heterocycles. The number of thioether (sulfide) groups is 1. The molecule has 0 radical (unpaired) electrons. The van der Waals surface area contributed by atoms with E-state index in [0.717, 1.165) is 36.8 Å². The van der Waals surface area contributed by atoms with Crippen LogP contribution in [0.15, 0.2) is 59.5 Å². The number of para-hydroxylation sites is 1. The maximum atomic E-state index is 12.7. The molecular weight excluding hydrogens is 332 g/mol. The lowest BCUT2D eigenvalue weighted by Crippen LogP contribution is -2.50. The van der Waals surface area contributed by atoms with Crippen molar-refractivity contribution in [2.75, 3.05) is 38.2 Å². The van der Waals surface area contributed by atoms with Crippen molar-refractivity contribution >= 4 is 23.4 Å². The van der Waals surface area contributed by atoms with Gasteiger partial charge in [0.05, 0.1) is 12.4 Å². The van der Waals surface area contributed by atoms with Crippen LogP contribution in [-0.4, -0.2) is 49.3 Å². The van der Waals surface area contributed by atoms with Crippen LogP contribution in [0.4, 0.5) is 5.69 Å². The summed E-state index contributed by atoms with van der Waals surface area (Å²) < 4.78 is 5.17. The predicted octanol–water partition coefficient (Wildman–Crippen LogP) is 3.52. The van der Waals surface area contributed by atoms with Crippen LogP contribution in [0.3, 0.4) is 0 Å². The number of benzene rings is 2. The predicted molar refractivity (Wildman–Crippen MR) is 104 cm³/mol. The Kier molecular flexibility index (Phi) is 5.87. The molecule has 1 saturated heterocycles. The Balaban J connectivity index is 1.52. The molecule has 1 heterocycles. The Hall–Kier alpha value is -2.14. The summed E-state index contributed by atoms with van der Waals surface area (Å²) in [5, 5.41) is -0.0864. The highest BCUT2D eigenvalue weighted by molar-refractivity contribution is 8.00. The summed E-state index contributed by atoms with van der Waals surface area (Å²) in [6.45, 7) is 5.31. The van der Waals surface area contributed by atoms with Gasteiger partial charge < -0.3 is 14.5 Å². The number of carbonyl (C=O) groups is 1. The number of hydrogen-bond acceptors (Lipinski definition) is 4. The molecule has 1 aliphatic rings. The van der Waals surface area contributed by atoms with Gasteiger partial charge in [0.15, 0.2) is 0 Å². The van der Waals surface area contributed by atoms with Crippen molar-refractivity contribution in [3.8, 4) is 5.75 Å². The maximum absolute atomic E-state index is 12.7. The molecule has 0 N–H and O–H groups in total. The zero-order valence-corrected chi connectivity index (χ0v) is 15.5. The second-order valence-electron chi connectivity index (χ2n) is 6.08. The van der Waals surface area contributed by atoms with E-state index >= 15 is 0 Å². The minimum Gasteiger partial charge on any atom is -0.497 e. The van der Waals surface area contributed by atoms with E-state index in [-0.39, 0.29) is 11.2 Å². The molecule has 0 aliphatic carbocycles. The van der Waals surface area contributed by atoms with Gasteiger partial charge in [0, 0.05) is 36.8 Å². The highest BCUT2D eigenvalue weighted by atomic mass is 32.2. The fourth-order valence-electron chi connectivity index (χ4n) is 2.99. The summed E-state index contributed by atoms with van der Waals surface area (Å²) in [4.78, 5) is 18.1. The fraction of sp³-hybridized carbons (Fsp3) is 0.350. The van der Waals surface area contributed by atoms with Crippen LogP contribution in [0, 0.1) is 0 Å². The standard InChI is InChI=1S/C20H24N2O2S/c1-16(25-19-10-8-18(24-2)9-11-19)20(23)22-14-12-21(13-15-22)17-6-4-3-5-7-17/h3-11,16H,12-15H2,1-2H3/t16-/m0/s1. The first-order valence-electron chi connectivity index (χ1n) is 8.57. The number of amides is 1. The van der Waals surface area contributed by atoms with Gasteiger partial charge in [-0.15, -0.1) is 11.8 Å². The molecule has 0 spiro atoms. The quantitative estimate of drug-likeness (QED) is 0.768. The van der Waals surface area contributed by atoms with Crippen LogP contribution in [0.5, 0.6) is 5.75 Å². The van der Waals surface area contributed by atoms with Crippen LogP contribution in [0.1, 0.15) is 6.92 Å². The molecule has 1 atom stereocenters. The maximum Gasteiger partial charge on any atom is 0.235 e. The number of ether oxygens (including phenoxy) is 1. The van der Waals surface area contributed by atoms with Crippen molar-refractivity contribution in [3.05, 3.63) is 54.6 Å². The Morgan fingerprint density at radius 3 is 2.24 bits per heavy atom. The SMILES string of the molecule is COc1ccc(S[C@@H](C)C(=O)N2CCN(c3ccccc3)CC2)cc1. The van der Waals surface area contributed by atoms with E-state index in [0.29, 0.717) is 0 Å². The first-order valence-corrected chi connectivity index (χ1v) is 9.45. The van der Waals surface area contributed by atoms with Gasteiger partial charge in [-0.25, -0.2) is 0 Å². The highest BCUT2D eigenvalue weighted by Gasteiger charge is 2.25. The van der Waals surface area contributed by atoms with Gasteiger partial charge in [-0.05, 0) is 43.3 Å². The topological polar surface area (TPSA) is 32.8 Å². The van der Waals surface area contributed by atoms with Crippen molar-refractivity contribution in [1.29, 1.82) is 0 Å². The zero-order chi connectivity index (χ0) is 17.6. The highest BCUT2D eigenvalue weighted by Crippen LogP contribution is 2.27. The van der Waals surface area contributed by atoms with Crippen molar-refractivity contribution in [2.24, 2.45) is 0 Å². The fourth-order valence-corrected chi connectivity index (χ4v) is 3.94. The molecule has 5 heteroatoms. The van der Waals surface area contributed by atoms with E-state index in [1.807, 2.05) is 42.2 Å². The lowest BCUT2D eigenvalue weighted by molar-refractivity contribution is -0.130. The van der Waals surface area contributed by atoms with Crippen LogP contribution in [-0.2, 0) is 4.79 Å². The molecule has 0 aromatic heterocycles. The van der Waals surface area contributed by atoms with Crippen LogP contribution < -0.4 is 9.64 Å². The molecule has 3 rings (SSSR count). The molecule has 4 nitrogen and oxygen atoms in total. The number of hydrogen-bond donors (Lipinski definition) is 0. The van der Waals surface area contributed by atoms with E-state index in [4.69, 9.17) is 4.74 Å². The summed E-state index contributed by atoms with van der Waals surface area (Å²) in [5.41, 5.74) is 1.23. The summed E-state index contributed by atoms with van der Waals surface area (Å²) >= 11 is 1.60. The Morgan fingerprint density at radius 1 is 1.00 bits per heavy atom. The van der Waals surface area contributed by atoms with Crippen LogP contribution in [0.25, 0.3) is 0 Å². The van der Waals surface area contributed by atoms with E-state index < -0.39 is 0 Å². The third kappa shape index (κ3) is 4.48. The molecule has 2 aromatic carbocycles. The zero-order valence-electron chi connectivity index (χ0n) is 14.7. The second kappa shape index (κ2) is 8.30. The van der Waals surface area contributed by atoms with Gasteiger partial charge in [-0.2, -0.15) is 0 Å². The molecular formula is C20H24N2O2S.